The fourth-order valence-electron chi connectivity index (χ4n) is 2.55. The molecule has 11 nitrogen and oxygen atoms in total. The first-order chi connectivity index (χ1) is 14.3. The number of aliphatic hydroxyl groups is 2. The van der Waals surface area contributed by atoms with Gasteiger partial charge in [0.25, 0.3) is 0 Å². The second-order valence-electron chi connectivity index (χ2n) is 6.63. The maximum Gasteiger partial charge on any atom is 0.342 e. The first-order valence-corrected chi connectivity index (χ1v) is 9.28. The quantitative estimate of drug-likeness (QED) is 0.374. The summed E-state index contributed by atoms with van der Waals surface area (Å²) in [6.45, 7) is 4.16. The molecule has 0 bridgehead atoms. The first-order valence-electron chi connectivity index (χ1n) is 8.90. The number of esters is 1. The smallest absolute Gasteiger partial charge is 0.342 e. The van der Waals surface area contributed by atoms with Gasteiger partial charge in [-0.3, -0.25) is 0 Å². The molecule has 0 spiro atoms. The van der Waals surface area contributed by atoms with Crippen molar-refractivity contribution in [1.82, 2.24) is 4.90 Å². The Morgan fingerprint density at radius 3 is 2.10 bits per heavy atom. The van der Waals surface area contributed by atoms with Crippen molar-refractivity contribution in [2.45, 2.75) is 32.6 Å². The first kappa shape index (κ1) is 26.2. The van der Waals surface area contributed by atoms with E-state index in [1.807, 2.05) is 19.0 Å². The Balaban J connectivity index is 0.000000407. The monoisotopic (exact) mass is 461 g/mol. The number of nitrogens with zero attached hydrogens (tertiary/aromatic N) is 1. The Labute approximate surface area is 182 Å². The lowest BCUT2D eigenvalue weighted by molar-refractivity contribution is -0.165. The molecule has 0 amide bonds. The van der Waals surface area contributed by atoms with Crippen LogP contribution in [0.15, 0.2) is 10.5 Å². The van der Waals surface area contributed by atoms with Crippen molar-refractivity contribution >= 4 is 40.5 Å². The Morgan fingerprint density at radius 2 is 1.68 bits per heavy atom. The lowest BCUT2D eigenvalue weighted by Crippen LogP contribution is -2.39. The summed E-state index contributed by atoms with van der Waals surface area (Å²) in [4.78, 5) is 33.5. The minimum atomic E-state index is -2.27. The third-order valence-electron chi connectivity index (χ3n) is 3.92. The molecule has 1 heterocycles. The molecule has 0 aliphatic rings. The molecule has 2 atom stereocenters. The number of carboxylic acids is 2. The Bertz CT molecular complexity index is 950. The predicted molar refractivity (Wildman–Crippen MR) is 108 cm³/mol. The van der Waals surface area contributed by atoms with E-state index in [0.29, 0.717) is 28.8 Å². The molecule has 5 N–H and O–H groups in total. The van der Waals surface area contributed by atoms with Crippen molar-refractivity contribution in [2.24, 2.45) is 0 Å². The summed E-state index contributed by atoms with van der Waals surface area (Å²) in [5.41, 5.74) is 1.38. The van der Waals surface area contributed by atoms with Gasteiger partial charge in [-0.25, -0.2) is 14.4 Å². The van der Waals surface area contributed by atoms with Gasteiger partial charge in [-0.2, -0.15) is 0 Å². The van der Waals surface area contributed by atoms with Crippen molar-refractivity contribution in [1.29, 1.82) is 0 Å². The van der Waals surface area contributed by atoms with Crippen molar-refractivity contribution in [3.63, 3.8) is 0 Å². The SMILES string of the molecule is CCOC(=O)c1c(C)oc2cc(CN(C)C)c(O)c(Cl)c12.O=C(O)[C@H](O)[C@@H](O)C(=O)O. The zero-order chi connectivity index (χ0) is 24.0. The van der Waals surface area contributed by atoms with Gasteiger partial charge in [-0.1, -0.05) is 11.6 Å². The second-order valence-corrected chi connectivity index (χ2v) is 7.01. The zero-order valence-electron chi connectivity index (χ0n) is 17.2. The number of aliphatic carboxylic acids is 2. The zero-order valence-corrected chi connectivity index (χ0v) is 18.0. The number of phenols is 1. The molecular formula is C19H24ClNO10. The summed E-state index contributed by atoms with van der Waals surface area (Å²) in [6.07, 6.45) is -4.53. The molecule has 172 valence electrons. The number of aliphatic hydroxyl groups excluding tert-OH is 2. The van der Waals surface area contributed by atoms with Gasteiger partial charge in [0.15, 0.2) is 12.2 Å². The van der Waals surface area contributed by atoms with Gasteiger partial charge in [-0.15, -0.1) is 0 Å². The number of aromatic hydroxyl groups is 1. The van der Waals surface area contributed by atoms with E-state index in [2.05, 4.69) is 0 Å². The standard InChI is InChI=1S/C15H18ClNO4.C4H6O6/c1-5-20-15(19)11-8(2)21-10-6-9(7-17(3)4)14(18)13(16)12(10)11;5-1(3(7)8)2(6)4(9)10/h6,18H,5,7H2,1-4H3;1-2,5-6H,(H,7,8)(H,9,10)/t;1-,2-/m.1/s1. The molecule has 2 aromatic rings. The molecule has 0 saturated carbocycles. The number of carbonyl (C=O) groups is 3. The maximum absolute atomic E-state index is 12.0. The van der Waals surface area contributed by atoms with Crippen LogP contribution in [0.2, 0.25) is 5.02 Å². The van der Waals surface area contributed by atoms with Crippen LogP contribution in [0, 0.1) is 6.92 Å². The molecule has 12 heteroatoms. The molecule has 1 aromatic carbocycles. The average molecular weight is 462 g/mol. The minimum absolute atomic E-state index is 0.0378. The van der Waals surface area contributed by atoms with E-state index >= 15 is 0 Å². The Hall–Kier alpha value is -2.86. The van der Waals surface area contributed by atoms with Crippen LogP contribution in [-0.4, -0.2) is 81.3 Å². The van der Waals surface area contributed by atoms with Crippen molar-refractivity contribution in [3.8, 4) is 5.75 Å². The summed E-state index contributed by atoms with van der Waals surface area (Å²) in [7, 11) is 3.77. The van der Waals surface area contributed by atoms with Crippen LogP contribution in [0.3, 0.4) is 0 Å². The number of carboxylic acid groups (broad SMARTS) is 2. The molecule has 2 rings (SSSR count). The van der Waals surface area contributed by atoms with Gasteiger partial charge in [0.2, 0.25) is 0 Å². The number of halogens is 1. The van der Waals surface area contributed by atoms with E-state index in [-0.39, 0.29) is 22.9 Å². The molecular weight excluding hydrogens is 438 g/mol. The van der Waals surface area contributed by atoms with E-state index in [1.165, 1.54) is 0 Å². The fourth-order valence-corrected chi connectivity index (χ4v) is 2.86. The largest absolute Gasteiger partial charge is 0.506 e. The van der Waals surface area contributed by atoms with Gasteiger partial charge < -0.3 is 39.6 Å². The molecule has 0 unspecified atom stereocenters. The van der Waals surface area contributed by atoms with Crippen molar-refractivity contribution in [2.75, 3.05) is 20.7 Å². The molecule has 0 fully saturated rings. The lowest BCUT2D eigenvalue weighted by atomic mass is 10.1. The number of fused-ring (bicyclic) bond motifs is 1. The van der Waals surface area contributed by atoms with E-state index in [9.17, 15) is 19.5 Å². The number of ether oxygens (including phenoxy) is 1. The highest BCUT2D eigenvalue weighted by Crippen LogP contribution is 2.40. The topological polar surface area (TPSA) is 178 Å². The summed E-state index contributed by atoms with van der Waals surface area (Å²) in [6, 6.07) is 1.70. The van der Waals surface area contributed by atoms with Gasteiger partial charge in [0.05, 0.1) is 17.0 Å². The average Bonchev–Trinajstić information content (AvgIpc) is 3.00. The van der Waals surface area contributed by atoms with E-state index < -0.39 is 30.1 Å². The van der Waals surface area contributed by atoms with Crippen LogP contribution in [0.25, 0.3) is 11.0 Å². The highest BCUT2D eigenvalue weighted by atomic mass is 35.5. The number of hydrogen-bond donors (Lipinski definition) is 5. The molecule has 31 heavy (non-hydrogen) atoms. The third kappa shape index (κ3) is 6.31. The Morgan fingerprint density at radius 1 is 1.16 bits per heavy atom. The number of carbonyl (C=O) groups excluding carboxylic acids is 1. The molecule has 1 aromatic heterocycles. The van der Waals surface area contributed by atoms with Crippen molar-refractivity contribution in [3.05, 3.63) is 28.0 Å². The number of benzene rings is 1. The minimum Gasteiger partial charge on any atom is -0.506 e. The van der Waals surface area contributed by atoms with E-state index in [4.69, 9.17) is 41.2 Å². The summed E-state index contributed by atoms with van der Waals surface area (Å²) < 4.78 is 10.6. The van der Waals surface area contributed by atoms with Crippen LogP contribution >= 0.6 is 11.6 Å². The maximum atomic E-state index is 12.0. The number of rotatable bonds is 7. The van der Waals surface area contributed by atoms with Gasteiger partial charge in [-0.05, 0) is 34.0 Å². The molecule has 0 radical (unpaired) electrons. The highest BCUT2D eigenvalue weighted by Gasteiger charge is 2.29. The third-order valence-corrected chi connectivity index (χ3v) is 4.29. The second kappa shape index (κ2) is 11.0. The number of furan rings is 1. The van der Waals surface area contributed by atoms with Crippen LogP contribution in [0.4, 0.5) is 0 Å². The summed E-state index contributed by atoms with van der Waals surface area (Å²) in [5.74, 6) is -3.66. The fraction of sp³-hybridized carbons (Fsp3) is 0.421. The Kier molecular flexibility index (Phi) is 9.25. The molecule has 0 saturated heterocycles. The lowest BCUT2D eigenvalue weighted by Gasteiger charge is -2.12. The highest BCUT2D eigenvalue weighted by molar-refractivity contribution is 6.38. The van der Waals surface area contributed by atoms with Crippen molar-refractivity contribution < 1.29 is 49.1 Å². The van der Waals surface area contributed by atoms with Gasteiger partial charge >= 0.3 is 17.9 Å². The van der Waals surface area contributed by atoms with Gasteiger partial charge in [0.1, 0.15) is 22.7 Å². The van der Waals surface area contributed by atoms with Crippen LogP contribution < -0.4 is 0 Å². The van der Waals surface area contributed by atoms with E-state index in [1.54, 1.807) is 19.9 Å². The van der Waals surface area contributed by atoms with Crippen LogP contribution in [-0.2, 0) is 20.9 Å². The summed E-state index contributed by atoms with van der Waals surface area (Å²) >= 11 is 6.24. The molecule has 0 aliphatic heterocycles. The predicted octanol–water partition coefficient (Wildman–Crippen LogP) is 1.22. The summed E-state index contributed by atoms with van der Waals surface area (Å²) in [5, 5.41) is 43.3. The normalized spacial score (nSPS) is 12.8. The van der Waals surface area contributed by atoms with Crippen LogP contribution in [0.1, 0.15) is 28.6 Å². The van der Waals surface area contributed by atoms with Crippen LogP contribution in [0.5, 0.6) is 5.75 Å². The number of phenolic OH excluding ortho intramolecular Hbond substituents is 1. The molecule has 0 aliphatic carbocycles. The van der Waals surface area contributed by atoms with E-state index in [0.717, 1.165) is 0 Å². The number of aryl methyl sites for hydroxylation is 1. The van der Waals surface area contributed by atoms with Gasteiger partial charge in [0, 0.05) is 12.1 Å². The number of hydrogen-bond acceptors (Lipinski definition) is 9.